The molecule has 5 heteroatoms. The minimum Gasteiger partial charge on any atom is -0.475 e. The number of allylic oxidation sites excluding steroid dienone is 2. The Balaban J connectivity index is 1.70. The summed E-state index contributed by atoms with van der Waals surface area (Å²) in [5.41, 5.74) is 0.461. The minimum atomic E-state index is 0.0268. The first-order valence-corrected chi connectivity index (χ1v) is 6.53. The van der Waals surface area contributed by atoms with Crippen LogP contribution in [0.25, 0.3) is 0 Å². The van der Waals surface area contributed by atoms with Crippen molar-refractivity contribution < 1.29 is 9.53 Å². The van der Waals surface area contributed by atoms with Crippen LogP contribution in [0, 0.1) is 0 Å². The number of nitrogens with zero attached hydrogens (tertiary/aromatic N) is 3. The Morgan fingerprint density at radius 2 is 2.35 bits per heavy atom. The van der Waals surface area contributed by atoms with Crippen LogP contribution in [0.2, 0.25) is 0 Å². The van der Waals surface area contributed by atoms with E-state index in [4.69, 9.17) is 4.74 Å². The molecule has 2 unspecified atom stereocenters. The number of carbonyl (C=O) groups is 1. The van der Waals surface area contributed by atoms with Crippen LogP contribution in [-0.4, -0.2) is 40.7 Å². The van der Waals surface area contributed by atoms with Gasteiger partial charge in [-0.1, -0.05) is 6.08 Å². The highest BCUT2D eigenvalue weighted by atomic mass is 16.5. The number of aromatic nitrogens is 1. The van der Waals surface area contributed by atoms with Gasteiger partial charge in [-0.2, -0.15) is 0 Å². The monoisotopic (exact) mass is 269 g/mol. The molecule has 2 aliphatic rings. The van der Waals surface area contributed by atoms with Crippen molar-refractivity contribution >= 4 is 12.1 Å². The van der Waals surface area contributed by atoms with Crippen molar-refractivity contribution in [1.82, 2.24) is 9.88 Å². The van der Waals surface area contributed by atoms with Crippen LogP contribution in [0.4, 0.5) is 0 Å². The molecular formula is C15H15N3O2. The third-order valence-electron chi connectivity index (χ3n) is 3.48. The molecule has 1 aromatic rings. The predicted octanol–water partition coefficient (Wildman–Crippen LogP) is 1.83. The number of hydrogen-bond donors (Lipinski definition) is 0. The van der Waals surface area contributed by atoms with Crippen molar-refractivity contribution in [3.8, 4) is 5.88 Å². The minimum absolute atomic E-state index is 0.0268. The van der Waals surface area contributed by atoms with Gasteiger partial charge in [-0.15, -0.1) is 0 Å². The van der Waals surface area contributed by atoms with Crippen LogP contribution >= 0.6 is 0 Å². The lowest BCUT2D eigenvalue weighted by molar-refractivity contribution is 0.111. The number of fused-ring (bicyclic) bond motifs is 1. The van der Waals surface area contributed by atoms with Gasteiger partial charge in [0.2, 0.25) is 5.88 Å². The van der Waals surface area contributed by atoms with Gasteiger partial charge in [-0.3, -0.25) is 9.79 Å². The fourth-order valence-corrected chi connectivity index (χ4v) is 2.32. The lowest BCUT2D eigenvalue weighted by Gasteiger charge is -2.24. The summed E-state index contributed by atoms with van der Waals surface area (Å²) in [6.07, 6.45) is 10.3. The van der Waals surface area contributed by atoms with Crippen molar-refractivity contribution in [3.05, 3.63) is 48.3 Å². The predicted molar refractivity (Wildman–Crippen MR) is 75.9 cm³/mol. The summed E-state index contributed by atoms with van der Waals surface area (Å²) in [4.78, 5) is 21.7. The summed E-state index contributed by atoms with van der Waals surface area (Å²) in [5.74, 6) is 1.32. The van der Waals surface area contributed by atoms with Crippen LogP contribution in [0.3, 0.4) is 0 Å². The molecule has 0 N–H and O–H groups in total. The molecule has 20 heavy (non-hydrogen) atoms. The molecule has 0 bridgehead atoms. The summed E-state index contributed by atoms with van der Waals surface area (Å²) in [6.45, 7) is 2.51. The fraction of sp³-hybridized carbons (Fsp3) is 0.267. The first-order chi connectivity index (χ1) is 9.79. The smallest absolute Gasteiger partial charge is 0.224 e. The third-order valence-corrected chi connectivity index (χ3v) is 3.48. The molecule has 0 spiro atoms. The second kappa shape index (κ2) is 5.28. The Labute approximate surface area is 117 Å². The number of carbonyl (C=O) groups excluding carboxylic acids is 1. The number of rotatable bonds is 4. The van der Waals surface area contributed by atoms with Crippen LogP contribution < -0.4 is 4.74 Å². The molecule has 0 aliphatic carbocycles. The topological polar surface area (TPSA) is 54.8 Å². The van der Waals surface area contributed by atoms with Crippen molar-refractivity contribution in [2.75, 3.05) is 6.61 Å². The van der Waals surface area contributed by atoms with Crippen molar-refractivity contribution in [2.24, 2.45) is 4.99 Å². The summed E-state index contributed by atoms with van der Waals surface area (Å²) in [6, 6.07) is 3.66. The number of aliphatic imine (C=N–C) groups is 1. The van der Waals surface area contributed by atoms with E-state index in [1.54, 1.807) is 18.3 Å². The van der Waals surface area contributed by atoms with Crippen LogP contribution in [0.5, 0.6) is 5.88 Å². The van der Waals surface area contributed by atoms with Crippen LogP contribution in [-0.2, 0) is 0 Å². The van der Waals surface area contributed by atoms with Crippen molar-refractivity contribution in [2.45, 2.75) is 19.0 Å². The molecule has 3 rings (SSSR count). The second-order valence-corrected chi connectivity index (χ2v) is 4.73. The zero-order valence-corrected chi connectivity index (χ0v) is 11.1. The first-order valence-electron chi connectivity index (χ1n) is 6.53. The molecule has 0 radical (unpaired) electrons. The number of ether oxygens (including phenoxy) is 1. The van der Waals surface area contributed by atoms with E-state index in [0.29, 0.717) is 18.1 Å². The molecule has 0 amide bonds. The van der Waals surface area contributed by atoms with E-state index < -0.39 is 0 Å². The lowest BCUT2D eigenvalue weighted by Crippen LogP contribution is -2.36. The highest BCUT2D eigenvalue weighted by Gasteiger charge is 2.31. The Hall–Kier alpha value is -2.43. The molecule has 102 valence electrons. The van der Waals surface area contributed by atoms with E-state index in [9.17, 15) is 4.79 Å². The van der Waals surface area contributed by atoms with E-state index in [1.807, 2.05) is 24.4 Å². The second-order valence-electron chi connectivity index (χ2n) is 4.73. The van der Waals surface area contributed by atoms with Crippen LogP contribution in [0.15, 0.2) is 47.7 Å². The number of aldehydes is 1. The van der Waals surface area contributed by atoms with Crippen LogP contribution in [0.1, 0.15) is 17.3 Å². The fourth-order valence-electron chi connectivity index (χ4n) is 2.32. The quantitative estimate of drug-likeness (QED) is 0.782. The maximum absolute atomic E-state index is 10.9. The van der Waals surface area contributed by atoms with E-state index >= 15 is 0 Å². The first kappa shape index (κ1) is 12.6. The number of pyridine rings is 1. The molecular weight excluding hydrogens is 254 g/mol. The Kier molecular flexibility index (Phi) is 3.33. The highest BCUT2D eigenvalue weighted by molar-refractivity contribution is 5.96. The largest absolute Gasteiger partial charge is 0.475 e. The molecule has 1 aromatic heterocycles. The molecule has 0 aromatic carbocycles. The van der Waals surface area contributed by atoms with E-state index in [2.05, 4.69) is 21.8 Å². The molecule has 0 saturated carbocycles. The molecule has 0 saturated heterocycles. The highest BCUT2D eigenvalue weighted by Crippen LogP contribution is 2.22. The summed E-state index contributed by atoms with van der Waals surface area (Å²) >= 11 is 0. The standard InChI is InChI=1S/C15H15N3O2/c1-11-13(17-14-6-2-3-8-18(11)14)10-20-15-12(9-19)5-4-7-16-15/h2-9,11,13H,10H2,1H3. The Morgan fingerprint density at radius 3 is 3.15 bits per heavy atom. The number of amidine groups is 1. The van der Waals surface area contributed by atoms with E-state index in [0.717, 1.165) is 12.1 Å². The SMILES string of the molecule is CC1C(COc2ncccc2C=O)N=C2C=CC=CN21. The average Bonchev–Trinajstić information content (AvgIpc) is 2.82. The summed E-state index contributed by atoms with van der Waals surface area (Å²) in [5, 5.41) is 0. The van der Waals surface area contributed by atoms with Crippen molar-refractivity contribution in [1.29, 1.82) is 0 Å². The number of hydrogen-bond acceptors (Lipinski definition) is 5. The van der Waals surface area contributed by atoms with E-state index in [1.165, 1.54) is 0 Å². The molecule has 2 atom stereocenters. The van der Waals surface area contributed by atoms with Gasteiger partial charge in [0, 0.05) is 12.4 Å². The van der Waals surface area contributed by atoms with Gasteiger partial charge in [0.05, 0.1) is 11.6 Å². The molecule has 2 aliphatic heterocycles. The van der Waals surface area contributed by atoms with Gasteiger partial charge in [0.1, 0.15) is 18.5 Å². The van der Waals surface area contributed by atoms with Crippen molar-refractivity contribution in [3.63, 3.8) is 0 Å². The molecule has 5 nitrogen and oxygen atoms in total. The maximum atomic E-state index is 10.9. The lowest BCUT2D eigenvalue weighted by atomic mass is 10.1. The summed E-state index contributed by atoms with van der Waals surface area (Å²) in [7, 11) is 0. The Morgan fingerprint density at radius 1 is 1.45 bits per heavy atom. The van der Waals surface area contributed by atoms with Gasteiger partial charge in [-0.05, 0) is 31.2 Å². The van der Waals surface area contributed by atoms with Gasteiger partial charge in [-0.25, -0.2) is 4.98 Å². The zero-order valence-electron chi connectivity index (χ0n) is 11.1. The van der Waals surface area contributed by atoms with Gasteiger partial charge in [0.25, 0.3) is 0 Å². The zero-order chi connectivity index (χ0) is 13.9. The van der Waals surface area contributed by atoms with E-state index in [-0.39, 0.29) is 12.1 Å². The van der Waals surface area contributed by atoms with Gasteiger partial charge < -0.3 is 9.64 Å². The molecule has 3 heterocycles. The van der Waals surface area contributed by atoms with Gasteiger partial charge in [0.15, 0.2) is 6.29 Å². The normalized spacial score (nSPS) is 23.4. The average molecular weight is 269 g/mol. The van der Waals surface area contributed by atoms with Gasteiger partial charge >= 0.3 is 0 Å². The molecule has 0 fully saturated rings. The summed E-state index contributed by atoms with van der Waals surface area (Å²) < 4.78 is 5.66. The third kappa shape index (κ3) is 2.22. The Bertz CT molecular complexity index is 607. The maximum Gasteiger partial charge on any atom is 0.224 e.